The summed E-state index contributed by atoms with van der Waals surface area (Å²) in [5.74, 6) is -0.712. The Morgan fingerprint density at radius 1 is 1.31 bits per heavy atom. The molecule has 2 heterocycles. The third-order valence-electron chi connectivity index (χ3n) is 4.02. The van der Waals surface area contributed by atoms with Gasteiger partial charge in [-0.1, -0.05) is 18.2 Å². The molecular weight excluding hydrogens is 330 g/mol. The van der Waals surface area contributed by atoms with E-state index in [1.807, 2.05) is 19.9 Å². The van der Waals surface area contributed by atoms with Crippen molar-refractivity contribution in [1.82, 2.24) is 9.55 Å². The number of hydrogen-bond acceptors (Lipinski definition) is 4. The van der Waals surface area contributed by atoms with Crippen LogP contribution >= 0.6 is 0 Å². The van der Waals surface area contributed by atoms with Gasteiger partial charge in [-0.25, -0.2) is 4.98 Å². The molecule has 0 aliphatic carbocycles. The molecule has 0 saturated carbocycles. The molecule has 0 bridgehead atoms. The summed E-state index contributed by atoms with van der Waals surface area (Å²) >= 11 is 0. The number of aromatic hydroxyl groups is 1. The maximum atomic E-state index is 12.8. The highest BCUT2D eigenvalue weighted by atomic mass is 16.3. The standard InChI is InChI=1S/C20H19N3O3/c1-4-9-23-15-8-6-5-7-14(15)18(24)17(20(23)26)19(25)22-16-11-12(2)10-13(3)21-16/h4-8,10-11,24H,1,9H2,2-3H3,(H,21,22,25). The van der Waals surface area contributed by atoms with Crippen LogP contribution in [0.5, 0.6) is 5.75 Å². The first kappa shape index (κ1) is 17.4. The summed E-state index contributed by atoms with van der Waals surface area (Å²) < 4.78 is 1.41. The largest absolute Gasteiger partial charge is 0.506 e. The fraction of sp³-hybridized carbons (Fsp3) is 0.150. The maximum absolute atomic E-state index is 12.8. The van der Waals surface area contributed by atoms with Gasteiger partial charge in [0, 0.05) is 17.6 Å². The van der Waals surface area contributed by atoms with Crippen LogP contribution in [0.3, 0.4) is 0 Å². The highest BCUT2D eigenvalue weighted by Gasteiger charge is 2.22. The number of carbonyl (C=O) groups is 1. The first-order valence-corrected chi connectivity index (χ1v) is 8.14. The van der Waals surface area contributed by atoms with E-state index in [1.165, 1.54) is 4.57 Å². The first-order chi connectivity index (χ1) is 12.4. The molecule has 26 heavy (non-hydrogen) atoms. The third kappa shape index (κ3) is 3.09. The average molecular weight is 349 g/mol. The molecule has 0 aliphatic rings. The number of aryl methyl sites for hydroxylation is 2. The lowest BCUT2D eigenvalue weighted by Gasteiger charge is -2.14. The zero-order chi connectivity index (χ0) is 18.8. The van der Waals surface area contributed by atoms with Crippen molar-refractivity contribution >= 4 is 22.6 Å². The zero-order valence-electron chi connectivity index (χ0n) is 14.6. The predicted octanol–water partition coefficient (Wildman–Crippen LogP) is 3.16. The Kier molecular flexibility index (Phi) is 4.58. The van der Waals surface area contributed by atoms with Gasteiger partial charge in [0.2, 0.25) is 0 Å². The number of aromatic nitrogens is 2. The SMILES string of the molecule is C=CCn1c(=O)c(C(=O)Nc2cc(C)cc(C)n2)c(O)c2ccccc21. The Morgan fingerprint density at radius 2 is 2.04 bits per heavy atom. The highest BCUT2D eigenvalue weighted by molar-refractivity contribution is 6.08. The van der Waals surface area contributed by atoms with Gasteiger partial charge in [0.25, 0.3) is 11.5 Å². The van der Waals surface area contributed by atoms with Crippen LogP contribution in [0.1, 0.15) is 21.6 Å². The number of nitrogens with one attached hydrogen (secondary N) is 1. The molecule has 2 N–H and O–H groups in total. The average Bonchev–Trinajstić information content (AvgIpc) is 2.58. The lowest BCUT2D eigenvalue weighted by molar-refractivity contribution is 0.102. The van der Waals surface area contributed by atoms with E-state index < -0.39 is 11.5 Å². The van der Waals surface area contributed by atoms with Crippen LogP contribution in [0, 0.1) is 13.8 Å². The molecule has 0 unspecified atom stereocenters. The summed E-state index contributed by atoms with van der Waals surface area (Å²) in [6.07, 6.45) is 1.57. The third-order valence-corrected chi connectivity index (χ3v) is 4.02. The molecule has 1 amide bonds. The fourth-order valence-electron chi connectivity index (χ4n) is 2.99. The summed E-state index contributed by atoms with van der Waals surface area (Å²) in [6, 6.07) is 10.5. The van der Waals surface area contributed by atoms with Gasteiger partial charge in [-0.15, -0.1) is 6.58 Å². The molecule has 3 rings (SSSR count). The van der Waals surface area contributed by atoms with E-state index in [-0.39, 0.29) is 17.9 Å². The highest BCUT2D eigenvalue weighted by Crippen LogP contribution is 2.26. The van der Waals surface area contributed by atoms with Crippen LogP contribution in [0.25, 0.3) is 10.9 Å². The molecule has 132 valence electrons. The van der Waals surface area contributed by atoms with Crippen LogP contribution < -0.4 is 10.9 Å². The summed E-state index contributed by atoms with van der Waals surface area (Å²) in [7, 11) is 0. The molecule has 0 atom stereocenters. The molecule has 0 fully saturated rings. The number of allylic oxidation sites excluding steroid dienone is 1. The molecule has 0 saturated heterocycles. The van der Waals surface area contributed by atoms with Crippen LogP contribution in [-0.4, -0.2) is 20.6 Å². The molecule has 6 heteroatoms. The molecule has 6 nitrogen and oxygen atoms in total. The summed E-state index contributed by atoms with van der Waals surface area (Å²) in [5.41, 5.74) is 1.32. The number of hydrogen-bond donors (Lipinski definition) is 2. The Hall–Kier alpha value is -3.41. The van der Waals surface area contributed by atoms with Crippen molar-refractivity contribution in [3.05, 3.63) is 76.2 Å². The first-order valence-electron chi connectivity index (χ1n) is 8.14. The quantitative estimate of drug-likeness (QED) is 0.709. The molecule has 0 radical (unpaired) electrons. The molecule has 3 aromatic rings. The van der Waals surface area contributed by atoms with E-state index in [4.69, 9.17) is 0 Å². The van der Waals surface area contributed by atoms with Crippen LogP contribution in [0.4, 0.5) is 5.82 Å². The van der Waals surface area contributed by atoms with Gasteiger partial charge >= 0.3 is 0 Å². The smallest absolute Gasteiger partial charge is 0.268 e. The van der Waals surface area contributed by atoms with Gasteiger partial charge in [0.1, 0.15) is 17.1 Å². The summed E-state index contributed by atoms with van der Waals surface area (Å²) in [6.45, 7) is 7.58. The number of nitrogens with zero attached hydrogens (tertiary/aromatic N) is 2. The van der Waals surface area contributed by atoms with Crippen LogP contribution in [-0.2, 0) is 6.54 Å². The Morgan fingerprint density at radius 3 is 2.73 bits per heavy atom. The van der Waals surface area contributed by atoms with Crippen molar-refractivity contribution in [3.63, 3.8) is 0 Å². The van der Waals surface area contributed by atoms with E-state index in [1.54, 1.807) is 36.4 Å². The topological polar surface area (TPSA) is 84.2 Å². The second-order valence-corrected chi connectivity index (χ2v) is 6.07. The minimum absolute atomic E-state index is 0.224. The number of para-hydroxylation sites is 1. The number of fused-ring (bicyclic) bond motifs is 1. The maximum Gasteiger partial charge on any atom is 0.268 e. The second kappa shape index (κ2) is 6.84. The molecule has 0 aliphatic heterocycles. The summed E-state index contributed by atoms with van der Waals surface area (Å²) in [5, 5.41) is 13.6. The summed E-state index contributed by atoms with van der Waals surface area (Å²) in [4.78, 5) is 29.8. The monoisotopic (exact) mass is 349 g/mol. The minimum atomic E-state index is -0.700. The van der Waals surface area contributed by atoms with Crippen LogP contribution in [0.2, 0.25) is 0 Å². The molecule has 2 aromatic heterocycles. The van der Waals surface area contributed by atoms with Crippen molar-refractivity contribution in [2.24, 2.45) is 0 Å². The predicted molar refractivity (Wildman–Crippen MR) is 102 cm³/mol. The van der Waals surface area contributed by atoms with E-state index in [0.717, 1.165) is 11.3 Å². The lowest BCUT2D eigenvalue weighted by atomic mass is 10.1. The van der Waals surface area contributed by atoms with E-state index in [9.17, 15) is 14.7 Å². The number of carbonyl (C=O) groups excluding carboxylic acids is 1. The van der Waals surface area contributed by atoms with Crippen molar-refractivity contribution in [2.45, 2.75) is 20.4 Å². The van der Waals surface area contributed by atoms with Gasteiger partial charge in [-0.2, -0.15) is 0 Å². The molecule has 0 spiro atoms. The van der Waals surface area contributed by atoms with Gasteiger partial charge in [0.05, 0.1) is 5.52 Å². The zero-order valence-corrected chi connectivity index (χ0v) is 14.6. The number of amides is 1. The van der Waals surface area contributed by atoms with Gasteiger partial charge < -0.3 is 15.0 Å². The van der Waals surface area contributed by atoms with Gasteiger partial charge in [-0.05, 0) is 43.7 Å². The minimum Gasteiger partial charge on any atom is -0.506 e. The number of benzene rings is 1. The number of pyridine rings is 2. The molecule has 1 aromatic carbocycles. The van der Waals surface area contributed by atoms with Crippen LogP contribution in [0.15, 0.2) is 53.8 Å². The Bertz CT molecular complexity index is 1060. The van der Waals surface area contributed by atoms with Gasteiger partial charge in [0.15, 0.2) is 0 Å². The van der Waals surface area contributed by atoms with E-state index in [0.29, 0.717) is 16.7 Å². The number of anilines is 1. The van der Waals surface area contributed by atoms with E-state index in [2.05, 4.69) is 16.9 Å². The Balaban J connectivity index is 2.16. The van der Waals surface area contributed by atoms with Crippen molar-refractivity contribution in [3.8, 4) is 5.75 Å². The fourth-order valence-corrected chi connectivity index (χ4v) is 2.99. The normalized spacial score (nSPS) is 10.7. The lowest BCUT2D eigenvalue weighted by Crippen LogP contribution is -2.29. The van der Waals surface area contributed by atoms with E-state index >= 15 is 0 Å². The number of rotatable bonds is 4. The van der Waals surface area contributed by atoms with Crippen molar-refractivity contribution < 1.29 is 9.90 Å². The van der Waals surface area contributed by atoms with Crippen molar-refractivity contribution in [2.75, 3.05) is 5.32 Å². The molecular formula is C20H19N3O3. The Labute approximate surface area is 150 Å². The second-order valence-electron chi connectivity index (χ2n) is 6.07. The van der Waals surface area contributed by atoms with Gasteiger partial charge in [-0.3, -0.25) is 9.59 Å². The van der Waals surface area contributed by atoms with Crippen molar-refractivity contribution in [1.29, 1.82) is 0 Å².